The number of nitrogens with two attached hydrogens (primary N) is 1. The van der Waals surface area contributed by atoms with Crippen LogP contribution in [0.25, 0.3) is 0 Å². The molecule has 1 aromatic rings. The summed E-state index contributed by atoms with van der Waals surface area (Å²) < 4.78 is 34.2. The summed E-state index contributed by atoms with van der Waals surface area (Å²) in [6.07, 6.45) is 1.74. The minimum absolute atomic E-state index is 0.143. The van der Waals surface area contributed by atoms with Gasteiger partial charge in [-0.25, -0.2) is 13.1 Å². The van der Waals surface area contributed by atoms with E-state index in [1.807, 2.05) is 6.92 Å². The van der Waals surface area contributed by atoms with Crippen LogP contribution in [-0.4, -0.2) is 27.7 Å². The smallest absolute Gasteiger partial charge is 0.243 e. The maximum atomic E-state index is 12.6. The molecule has 2 rings (SSSR count). The zero-order chi connectivity index (χ0) is 15.6. The first-order valence-corrected chi connectivity index (χ1v) is 9.73. The predicted molar refractivity (Wildman–Crippen MR) is 89.6 cm³/mol. The van der Waals surface area contributed by atoms with Crippen LogP contribution in [0.15, 0.2) is 26.0 Å². The predicted octanol–water partition coefficient (Wildman–Crippen LogP) is 2.89. The Morgan fingerprint density at radius 1 is 1.29 bits per heavy atom. The van der Waals surface area contributed by atoms with Gasteiger partial charge in [0.1, 0.15) is 4.90 Å². The second-order valence-corrected chi connectivity index (χ2v) is 8.53. The highest BCUT2D eigenvalue weighted by Gasteiger charge is 2.28. The largest absolute Gasteiger partial charge is 0.399 e. The van der Waals surface area contributed by atoms with Gasteiger partial charge in [0.05, 0.1) is 0 Å². The van der Waals surface area contributed by atoms with Crippen molar-refractivity contribution in [1.29, 1.82) is 0 Å². The molecule has 1 aliphatic heterocycles. The first-order valence-electron chi connectivity index (χ1n) is 6.66. The number of nitrogens with one attached hydrogen (secondary N) is 1. The lowest BCUT2D eigenvalue weighted by Gasteiger charge is -2.28. The standard InChI is InChI=1S/C13H18Br2N2O3S/c1-8(9-2-4-20-5-3-9)17-21(18,19)13-11(14)6-10(16)7-12(13)15/h6-9,17H,2-5,16H2,1H3. The fourth-order valence-electron chi connectivity index (χ4n) is 2.45. The number of hydrogen-bond acceptors (Lipinski definition) is 4. The van der Waals surface area contributed by atoms with Gasteiger partial charge in [0.15, 0.2) is 0 Å². The van der Waals surface area contributed by atoms with E-state index < -0.39 is 10.0 Å². The quantitative estimate of drug-likeness (QED) is 0.703. The first-order chi connectivity index (χ1) is 9.81. The van der Waals surface area contributed by atoms with Crippen molar-refractivity contribution in [3.63, 3.8) is 0 Å². The van der Waals surface area contributed by atoms with Gasteiger partial charge in [-0.15, -0.1) is 0 Å². The highest BCUT2D eigenvalue weighted by atomic mass is 79.9. The molecule has 1 atom stereocenters. The minimum Gasteiger partial charge on any atom is -0.399 e. The van der Waals surface area contributed by atoms with Crippen LogP contribution in [0.5, 0.6) is 0 Å². The Kier molecular flexibility index (Phi) is 5.70. The van der Waals surface area contributed by atoms with Crippen LogP contribution in [0.4, 0.5) is 5.69 Å². The van der Waals surface area contributed by atoms with Crippen molar-refractivity contribution < 1.29 is 13.2 Å². The lowest BCUT2D eigenvalue weighted by molar-refractivity contribution is 0.0585. The van der Waals surface area contributed by atoms with Crippen LogP contribution in [-0.2, 0) is 14.8 Å². The van der Waals surface area contributed by atoms with Gasteiger partial charge in [0, 0.05) is 33.9 Å². The Balaban J connectivity index is 2.22. The third kappa shape index (κ3) is 4.19. The maximum absolute atomic E-state index is 12.6. The molecular weight excluding hydrogens is 424 g/mol. The van der Waals surface area contributed by atoms with Crippen molar-refractivity contribution in [2.45, 2.75) is 30.7 Å². The summed E-state index contributed by atoms with van der Waals surface area (Å²) in [7, 11) is -3.63. The molecule has 1 saturated heterocycles. The van der Waals surface area contributed by atoms with Crippen molar-refractivity contribution in [2.24, 2.45) is 5.92 Å². The molecule has 0 aromatic heterocycles. The Bertz CT molecular complexity index is 593. The van der Waals surface area contributed by atoms with Gasteiger partial charge in [0.2, 0.25) is 10.0 Å². The maximum Gasteiger partial charge on any atom is 0.243 e. The number of benzene rings is 1. The SMILES string of the molecule is CC(NS(=O)(=O)c1c(Br)cc(N)cc1Br)C1CCOCC1. The van der Waals surface area contributed by atoms with Crippen LogP contribution in [0.2, 0.25) is 0 Å². The van der Waals surface area contributed by atoms with E-state index in [4.69, 9.17) is 10.5 Å². The Morgan fingerprint density at radius 2 is 1.81 bits per heavy atom. The van der Waals surface area contributed by atoms with E-state index in [1.54, 1.807) is 12.1 Å². The van der Waals surface area contributed by atoms with E-state index in [9.17, 15) is 8.42 Å². The molecule has 5 nitrogen and oxygen atoms in total. The summed E-state index contributed by atoms with van der Waals surface area (Å²) in [5.41, 5.74) is 6.19. The third-order valence-corrected chi connectivity index (χ3v) is 7.04. The molecule has 1 fully saturated rings. The zero-order valence-corrected chi connectivity index (χ0v) is 15.6. The second-order valence-electron chi connectivity index (χ2n) is 5.17. The number of anilines is 1. The average Bonchev–Trinajstić information content (AvgIpc) is 2.37. The van der Waals surface area contributed by atoms with Gasteiger partial charge in [-0.2, -0.15) is 0 Å². The molecule has 0 saturated carbocycles. The molecule has 0 radical (unpaired) electrons. The fraction of sp³-hybridized carbons (Fsp3) is 0.538. The van der Waals surface area contributed by atoms with Gasteiger partial charge in [-0.05, 0) is 69.7 Å². The molecule has 3 N–H and O–H groups in total. The van der Waals surface area contributed by atoms with Crippen molar-refractivity contribution >= 4 is 47.6 Å². The normalized spacial score (nSPS) is 18.6. The van der Waals surface area contributed by atoms with E-state index in [0.717, 1.165) is 12.8 Å². The van der Waals surface area contributed by atoms with Crippen molar-refractivity contribution in [3.05, 3.63) is 21.1 Å². The van der Waals surface area contributed by atoms with E-state index in [2.05, 4.69) is 36.6 Å². The lowest BCUT2D eigenvalue weighted by Crippen LogP contribution is -2.40. The minimum atomic E-state index is -3.63. The van der Waals surface area contributed by atoms with Gasteiger partial charge in [-0.1, -0.05) is 0 Å². The monoisotopic (exact) mass is 440 g/mol. The van der Waals surface area contributed by atoms with Crippen molar-refractivity contribution in [2.75, 3.05) is 18.9 Å². The van der Waals surface area contributed by atoms with Crippen molar-refractivity contribution in [1.82, 2.24) is 4.72 Å². The van der Waals surface area contributed by atoms with Crippen molar-refractivity contribution in [3.8, 4) is 0 Å². The summed E-state index contributed by atoms with van der Waals surface area (Å²) in [6.45, 7) is 3.27. The summed E-state index contributed by atoms with van der Waals surface area (Å²) in [5.74, 6) is 0.292. The Morgan fingerprint density at radius 3 is 2.33 bits per heavy atom. The Labute approximate surface area is 141 Å². The van der Waals surface area contributed by atoms with Crippen LogP contribution >= 0.6 is 31.9 Å². The lowest BCUT2D eigenvalue weighted by atomic mass is 9.94. The third-order valence-electron chi connectivity index (χ3n) is 3.60. The molecule has 8 heteroatoms. The molecule has 0 aliphatic carbocycles. The number of ether oxygens (including phenoxy) is 1. The molecule has 0 bridgehead atoms. The summed E-state index contributed by atoms with van der Waals surface area (Å²) in [5, 5.41) is 0. The number of nitrogen functional groups attached to an aromatic ring is 1. The van der Waals surface area contributed by atoms with E-state index in [0.29, 0.717) is 33.8 Å². The molecule has 0 spiro atoms. The summed E-state index contributed by atoms with van der Waals surface area (Å²) in [6, 6.07) is 3.02. The van der Waals surface area contributed by atoms with Crippen LogP contribution in [0.3, 0.4) is 0 Å². The molecule has 0 amide bonds. The number of halogens is 2. The molecule has 21 heavy (non-hydrogen) atoms. The van der Waals surface area contributed by atoms with Crippen LogP contribution in [0, 0.1) is 5.92 Å². The average molecular weight is 442 g/mol. The molecule has 1 aliphatic rings. The van der Waals surface area contributed by atoms with Crippen LogP contribution < -0.4 is 10.5 Å². The Hall–Kier alpha value is -0.150. The summed E-state index contributed by atoms with van der Waals surface area (Å²) in [4.78, 5) is 0.176. The first kappa shape index (κ1) is 17.2. The van der Waals surface area contributed by atoms with E-state index in [1.165, 1.54) is 0 Å². The molecule has 1 heterocycles. The fourth-order valence-corrected chi connectivity index (χ4v) is 6.38. The van der Waals surface area contributed by atoms with E-state index >= 15 is 0 Å². The van der Waals surface area contributed by atoms with Gasteiger partial charge in [0.25, 0.3) is 0 Å². The summed E-state index contributed by atoms with van der Waals surface area (Å²) >= 11 is 6.54. The number of sulfonamides is 1. The van der Waals surface area contributed by atoms with E-state index in [-0.39, 0.29) is 10.9 Å². The molecule has 1 unspecified atom stereocenters. The number of hydrogen-bond donors (Lipinski definition) is 2. The number of rotatable bonds is 4. The highest BCUT2D eigenvalue weighted by molar-refractivity contribution is 9.11. The van der Waals surface area contributed by atoms with Crippen LogP contribution in [0.1, 0.15) is 19.8 Å². The zero-order valence-electron chi connectivity index (χ0n) is 11.6. The topological polar surface area (TPSA) is 81.4 Å². The molecule has 118 valence electrons. The highest BCUT2D eigenvalue weighted by Crippen LogP contribution is 2.33. The molecule has 1 aromatic carbocycles. The molecular formula is C13H18Br2N2O3S. The second kappa shape index (κ2) is 6.95. The van der Waals surface area contributed by atoms with Gasteiger partial charge in [-0.3, -0.25) is 0 Å². The van der Waals surface area contributed by atoms with Gasteiger partial charge < -0.3 is 10.5 Å². The van der Waals surface area contributed by atoms with Gasteiger partial charge >= 0.3 is 0 Å².